The molecule has 0 saturated heterocycles. The fourth-order valence-electron chi connectivity index (χ4n) is 10.0. The van der Waals surface area contributed by atoms with Crippen molar-refractivity contribution in [1.82, 2.24) is 0 Å². The van der Waals surface area contributed by atoms with Gasteiger partial charge in [0.25, 0.3) is 6.71 Å². The van der Waals surface area contributed by atoms with E-state index < -0.39 is 0 Å². The first-order valence-electron chi connectivity index (χ1n) is 22.5. The molecule has 0 spiro atoms. The Labute approximate surface area is 369 Å². The minimum Gasteiger partial charge on any atom is -0.456 e. The summed E-state index contributed by atoms with van der Waals surface area (Å²) in [4.78, 5) is 5.07. The Balaban J connectivity index is 1.24. The van der Waals surface area contributed by atoms with Crippen LogP contribution >= 0.6 is 0 Å². The largest absolute Gasteiger partial charge is 0.456 e. The number of rotatable bonds is 3. The first kappa shape index (κ1) is 40.1. The van der Waals surface area contributed by atoms with Gasteiger partial charge in [0.2, 0.25) is 0 Å². The molecule has 0 saturated carbocycles. The van der Waals surface area contributed by atoms with Crippen molar-refractivity contribution in [1.29, 1.82) is 0 Å². The second-order valence-electron chi connectivity index (χ2n) is 21.9. The molecular weight excluding hydrogens is 751 g/mol. The molecule has 2 aliphatic heterocycles. The Kier molecular flexibility index (Phi) is 8.89. The summed E-state index contributed by atoms with van der Waals surface area (Å²) in [6.45, 7) is 27.9. The summed E-state index contributed by atoms with van der Waals surface area (Å²) in [6, 6.07) is 53.0. The SMILES string of the molecule is CC(C)(C)c1ccc(N2c3ccc(C(C)(C)C)cc3B3c4cc(C(C)(C)C)ccc4N(c4ccc(C(C)(C)C)c(-c5ccc6c(c5)oc5ccccc56)c4)c4cccc2c43)cc1. The summed E-state index contributed by atoms with van der Waals surface area (Å²) in [5, 5.41) is 2.30. The van der Waals surface area contributed by atoms with E-state index in [1.54, 1.807) is 0 Å². The minimum atomic E-state index is -0.0906. The van der Waals surface area contributed by atoms with Gasteiger partial charge in [-0.3, -0.25) is 0 Å². The molecule has 0 N–H and O–H groups in total. The van der Waals surface area contributed by atoms with Crippen molar-refractivity contribution in [2.24, 2.45) is 0 Å². The summed E-state index contributed by atoms with van der Waals surface area (Å²) in [6.07, 6.45) is 0. The molecule has 0 unspecified atom stereocenters. The predicted molar refractivity (Wildman–Crippen MR) is 268 cm³/mol. The predicted octanol–water partition coefficient (Wildman–Crippen LogP) is 14.5. The van der Waals surface area contributed by atoms with Crippen LogP contribution in [0.25, 0.3) is 33.1 Å². The fourth-order valence-corrected chi connectivity index (χ4v) is 10.0. The van der Waals surface area contributed by atoms with E-state index in [0.717, 1.165) is 33.2 Å². The molecular formula is C58H59BN2O. The van der Waals surface area contributed by atoms with E-state index in [1.165, 1.54) is 72.6 Å². The molecule has 2 aliphatic rings. The molecule has 8 aromatic rings. The second kappa shape index (κ2) is 13.8. The fraction of sp³-hybridized carbons (Fsp3) is 0.276. The standard InChI is InChI=1S/C58H59BN2O/c1-55(2,3)37-21-25-40(26-22-37)60-48-30-23-38(56(4,5)6)33-46(48)59-47-34-39(57(7,8)9)24-31-49(47)61(51-18-15-17-50(60)54(51)59)41-27-29-45(58(10,11)12)44(35-41)36-20-28-43-42-16-13-14-19-52(42)62-53(43)32-36/h13-35H,1-12H3. The van der Waals surface area contributed by atoms with Crippen molar-refractivity contribution >= 4 is 79.2 Å². The van der Waals surface area contributed by atoms with Crippen molar-refractivity contribution in [3.8, 4) is 11.1 Å². The summed E-state index contributed by atoms with van der Waals surface area (Å²) < 4.78 is 6.47. The van der Waals surface area contributed by atoms with Crippen LogP contribution in [-0.2, 0) is 21.7 Å². The molecule has 4 heteroatoms. The van der Waals surface area contributed by atoms with E-state index in [4.69, 9.17) is 4.42 Å². The van der Waals surface area contributed by atoms with Crippen molar-refractivity contribution < 1.29 is 4.42 Å². The van der Waals surface area contributed by atoms with E-state index in [2.05, 4.69) is 226 Å². The molecule has 0 atom stereocenters. The van der Waals surface area contributed by atoms with E-state index in [-0.39, 0.29) is 28.4 Å². The van der Waals surface area contributed by atoms with Gasteiger partial charge in [-0.25, -0.2) is 0 Å². The van der Waals surface area contributed by atoms with E-state index in [9.17, 15) is 0 Å². The average Bonchev–Trinajstić information content (AvgIpc) is 3.60. The number of hydrogen-bond donors (Lipinski definition) is 0. The summed E-state index contributed by atoms with van der Waals surface area (Å²) in [7, 11) is 0. The number of furan rings is 1. The van der Waals surface area contributed by atoms with Gasteiger partial charge in [0.1, 0.15) is 11.2 Å². The quantitative estimate of drug-likeness (QED) is 0.166. The zero-order valence-electron chi connectivity index (χ0n) is 38.7. The Bertz CT molecular complexity index is 3070. The Morgan fingerprint density at radius 3 is 1.52 bits per heavy atom. The Hall–Kier alpha value is -6.00. The topological polar surface area (TPSA) is 19.6 Å². The molecule has 62 heavy (non-hydrogen) atoms. The van der Waals surface area contributed by atoms with Crippen LogP contribution in [0.15, 0.2) is 144 Å². The number of para-hydroxylation sites is 1. The maximum absolute atomic E-state index is 6.47. The monoisotopic (exact) mass is 810 g/mol. The zero-order chi connectivity index (χ0) is 43.7. The molecule has 10 rings (SSSR count). The smallest absolute Gasteiger partial charge is 0.252 e. The molecule has 0 fully saturated rings. The molecule has 1 aromatic heterocycles. The van der Waals surface area contributed by atoms with Crippen LogP contribution in [0.4, 0.5) is 34.1 Å². The molecule has 3 heterocycles. The number of fused-ring (bicyclic) bond motifs is 7. The van der Waals surface area contributed by atoms with Crippen LogP contribution in [0.1, 0.15) is 105 Å². The van der Waals surface area contributed by atoms with Crippen LogP contribution in [0.3, 0.4) is 0 Å². The first-order chi connectivity index (χ1) is 29.3. The molecule has 0 aliphatic carbocycles. The normalized spacial score (nSPS) is 14.0. The lowest BCUT2D eigenvalue weighted by molar-refractivity contribution is 0.590. The van der Waals surface area contributed by atoms with Crippen molar-refractivity contribution in [2.75, 3.05) is 9.80 Å². The van der Waals surface area contributed by atoms with Crippen LogP contribution in [0, 0.1) is 0 Å². The van der Waals surface area contributed by atoms with Gasteiger partial charge < -0.3 is 14.2 Å². The van der Waals surface area contributed by atoms with E-state index >= 15 is 0 Å². The third kappa shape index (κ3) is 6.48. The highest BCUT2D eigenvalue weighted by atomic mass is 16.3. The van der Waals surface area contributed by atoms with Gasteiger partial charge >= 0.3 is 0 Å². The van der Waals surface area contributed by atoms with Crippen LogP contribution < -0.4 is 26.2 Å². The highest BCUT2D eigenvalue weighted by molar-refractivity contribution is 7.00. The van der Waals surface area contributed by atoms with Gasteiger partial charge in [0.05, 0.1) is 0 Å². The Morgan fingerprint density at radius 2 is 0.935 bits per heavy atom. The lowest BCUT2D eigenvalue weighted by atomic mass is 9.33. The lowest BCUT2D eigenvalue weighted by Gasteiger charge is -2.45. The first-order valence-corrected chi connectivity index (χ1v) is 22.5. The van der Waals surface area contributed by atoms with E-state index in [1.807, 2.05) is 6.07 Å². The minimum absolute atomic E-state index is 0.0125. The van der Waals surface area contributed by atoms with Crippen LogP contribution in [-0.4, -0.2) is 6.71 Å². The van der Waals surface area contributed by atoms with Crippen LogP contribution in [0.2, 0.25) is 0 Å². The molecule has 0 amide bonds. The number of nitrogens with zero attached hydrogens (tertiary/aromatic N) is 2. The van der Waals surface area contributed by atoms with Gasteiger partial charge in [-0.1, -0.05) is 156 Å². The number of anilines is 6. The van der Waals surface area contributed by atoms with Gasteiger partial charge in [0.15, 0.2) is 0 Å². The van der Waals surface area contributed by atoms with Gasteiger partial charge in [-0.15, -0.1) is 0 Å². The summed E-state index contributed by atoms with van der Waals surface area (Å²) >= 11 is 0. The van der Waals surface area contributed by atoms with Gasteiger partial charge in [-0.2, -0.15) is 0 Å². The molecule has 7 aromatic carbocycles. The lowest BCUT2D eigenvalue weighted by Crippen LogP contribution is -2.61. The third-order valence-corrected chi connectivity index (χ3v) is 13.5. The summed E-state index contributed by atoms with van der Waals surface area (Å²) in [5.41, 5.74) is 20.7. The second-order valence-corrected chi connectivity index (χ2v) is 21.9. The zero-order valence-corrected chi connectivity index (χ0v) is 38.7. The highest BCUT2D eigenvalue weighted by Crippen LogP contribution is 2.47. The van der Waals surface area contributed by atoms with Gasteiger partial charge in [0, 0.05) is 44.9 Å². The highest BCUT2D eigenvalue weighted by Gasteiger charge is 2.44. The summed E-state index contributed by atoms with van der Waals surface area (Å²) in [5.74, 6) is 0. The molecule has 3 nitrogen and oxygen atoms in total. The number of hydrogen-bond acceptors (Lipinski definition) is 3. The van der Waals surface area contributed by atoms with Crippen molar-refractivity contribution in [2.45, 2.75) is 105 Å². The van der Waals surface area contributed by atoms with Crippen molar-refractivity contribution in [3.05, 3.63) is 162 Å². The third-order valence-electron chi connectivity index (χ3n) is 13.5. The van der Waals surface area contributed by atoms with Crippen LogP contribution in [0.5, 0.6) is 0 Å². The van der Waals surface area contributed by atoms with Gasteiger partial charge in [-0.05, 0) is 138 Å². The molecule has 0 radical (unpaired) electrons. The Morgan fingerprint density at radius 1 is 0.403 bits per heavy atom. The average molecular weight is 811 g/mol. The van der Waals surface area contributed by atoms with Crippen molar-refractivity contribution in [3.63, 3.8) is 0 Å². The molecule has 0 bridgehead atoms. The maximum Gasteiger partial charge on any atom is 0.252 e. The van der Waals surface area contributed by atoms with E-state index in [0.29, 0.717) is 0 Å². The number of benzene rings is 7. The maximum atomic E-state index is 6.47. The molecule has 310 valence electrons.